The molecule has 0 aliphatic heterocycles. The van der Waals surface area contributed by atoms with Crippen LogP contribution < -0.4 is 0 Å². The van der Waals surface area contributed by atoms with Gasteiger partial charge in [-0.15, -0.1) is 10.2 Å². The molecule has 3 heterocycles. The largest absolute Gasteiger partial charge is 0.355 e. The van der Waals surface area contributed by atoms with Crippen LogP contribution in [-0.2, 0) is 0 Å². The molecule has 4 aromatic rings. The minimum atomic E-state index is 0.572. The number of aromatic nitrogens is 4. The van der Waals surface area contributed by atoms with Crippen LogP contribution in [0.2, 0.25) is 0 Å². The van der Waals surface area contributed by atoms with Gasteiger partial charge in [-0.1, -0.05) is 24.1 Å². The van der Waals surface area contributed by atoms with E-state index in [1.807, 2.05) is 60.9 Å². The van der Waals surface area contributed by atoms with Gasteiger partial charge in [-0.3, -0.25) is 0 Å². The molecule has 3 aromatic heterocycles. The van der Waals surface area contributed by atoms with E-state index in [-0.39, 0.29) is 0 Å². The molecular weight excluding hydrogens is 296 g/mol. The van der Waals surface area contributed by atoms with Gasteiger partial charge in [-0.2, -0.15) is 0 Å². The number of rotatable bonds is 0. The lowest BCUT2D eigenvalue weighted by atomic mass is 10.1. The quantitative estimate of drug-likeness (QED) is 0.490. The first-order valence-corrected chi connectivity index (χ1v) is 7.46. The van der Waals surface area contributed by atoms with E-state index in [1.165, 1.54) is 0 Å². The van der Waals surface area contributed by atoms with E-state index in [1.54, 1.807) is 0 Å². The summed E-state index contributed by atoms with van der Waals surface area (Å²) in [5.41, 5.74) is 3.84. The maximum atomic E-state index is 4.26. The van der Waals surface area contributed by atoms with Crippen molar-refractivity contribution in [1.82, 2.24) is 20.2 Å². The van der Waals surface area contributed by atoms with E-state index < -0.39 is 0 Å². The van der Waals surface area contributed by atoms with Crippen LogP contribution >= 0.6 is 0 Å². The van der Waals surface area contributed by atoms with Crippen molar-refractivity contribution in [2.45, 2.75) is 0 Å². The molecule has 0 fully saturated rings. The molecule has 0 saturated carbocycles. The third kappa shape index (κ3) is 2.77. The Morgan fingerprint density at radius 1 is 0.667 bits per heavy atom. The molecule has 0 radical (unpaired) electrons. The highest BCUT2D eigenvalue weighted by Crippen LogP contribution is 2.17. The summed E-state index contributed by atoms with van der Waals surface area (Å²) in [6.07, 6.45) is 3.68. The maximum absolute atomic E-state index is 4.26. The Morgan fingerprint density at radius 2 is 1.38 bits per heavy atom. The van der Waals surface area contributed by atoms with Crippen molar-refractivity contribution >= 4 is 10.9 Å². The van der Waals surface area contributed by atoms with Crippen molar-refractivity contribution in [3.8, 4) is 23.7 Å². The Balaban J connectivity index is 1.88. The van der Waals surface area contributed by atoms with Gasteiger partial charge in [-0.05, 0) is 48.1 Å². The number of nitrogens with zero attached hydrogens (tertiary/aromatic N) is 2. The second-order valence-corrected chi connectivity index (χ2v) is 5.11. The van der Waals surface area contributed by atoms with Crippen molar-refractivity contribution < 1.29 is 0 Å². The van der Waals surface area contributed by atoms with Crippen molar-refractivity contribution in [2.24, 2.45) is 0 Å². The van der Waals surface area contributed by atoms with E-state index >= 15 is 0 Å². The number of aromatic amines is 2. The third-order valence-electron chi connectivity index (χ3n) is 3.50. The second-order valence-electron chi connectivity index (χ2n) is 5.11. The first kappa shape index (κ1) is 13.9. The minimum absolute atomic E-state index is 0.572. The fourth-order valence-electron chi connectivity index (χ4n) is 2.34. The van der Waals surface area contributed by atoms with Crippen LogP contribution in [-0.4, -0.2) is 20.2 Å². The van der Waals surface area contributed by atoms with Crippen LogP contribution in [0.15, 0.2) is 60.9 Å². The molecule has 4 heteroatoms. The van der Waals surface area contributed by atoms with E-state index in [9.17, 15) is 0 Å². The Hall–Kier alpha value is -3.76. The molecule has 0 aliphatic carbocycles. The van der Waals surface area contributed by atoms with Crippen molar-refractivity contribution in [3.63, 3.8) is 0 Å². The average molecular weight is 308 g/mol. The molecule has 0 unspecified atom stereocenters. The number of H-pyrrole nitrogens is 2. The summed E-state index contributed by atoms with van der Waals surface area (Å²) in [6, 6.07) is 15.5. The van der Waals surface area contributed by atoms with E-state index in [0.717, 1.165) is 27.9 Å². The Morgan fingerprint density at radius 3 is 2.08 bits per heavy atom. The van der Waals surface area contributed by atoms with Crippen molar-refractivity contribution in [3.05, 3.63) is 83.6 Å². The second kappa shape index (κ2) is 6.16. The van der Waals surface area contributed by atoms with E-state index in [4.69, 9.17) is 0 Å². The number of nitrogens with one attached hydrogen (secondary N) is 2. The fourth-order valence-corrected chi connectivity index (χ4v) is 2.34. The molecule has 0 aliphatic rings. The van der Waals surface area contributed by atoms with Crippen LogP contribution in [0.1, 0.15) is 22.6 Å². The van der Waals surface area contributed by atoms with Gasteiger partial charge >= 0.3 is 0 Å². The van der Waals surface area contributed by atoms with Gasteiger partial charge < -0.3 is 9.97 Å². The van der Waals surface area contributed by atoms with Gasteiger partial charge in [0.05, 0.1) is 22.5 Å². The summed E-state index contributed by atoms with van der Waals surface area (Å²) < 4.78 is 0. The summed E-state index contributed by atoms with van der Waals surface area (Å²) in [5, 5.41) is 9.45. The topological polar surface area (TPSA) is 57.4 Å². The molecule has 112 valence electrons. The highest BCUT2D eigenvalue weighted by atomic mass is 15.1. The summed E-state index contributed by atoms with van der Waals surface area (Å²) in [7, 11) is 0. The van der Waals surface area contributed by atoms with Gasteiger partial charge in [0.1, 0.15) is 0 Å². The number of hydrogen-bond donors (Lipinski definition) is 2. The van der Waals surface area contributed by atoms with Gasteiger partial charge in [0.15, 0.2) is 5.69 Å². The number of hydrogen-bond acceptors (Lipinski definition) is 2. The zero-order chi connectivity index (χ0) is 16.2. The summed E-state index contributed by atoms with van der Waals surface area (Å²) in [6.45, 7) is 0. The molecule has 2 N–H and O–H groups in total. The van der Waals surface area contributed by atoms with Crippen LogP contribution in [0.25, 0.3) is 10.9 Å². The molecule has 4 nitrogen and oxygen atoms in total. The van der Waals surface area contributed by atoms with Crippen molar-refractivity contribution in [1.29, 1.82) is 0 Å². The zero-order valence-corrected chi connectivity index (χ0v) is 12.7. The number of fused-ring (bicyclic) bond motifs is 1. The minimum Gasteiger partial charge on any atom is -0.355 e. The van der Waals surface area contributed by atoms with Crippen LogP contribution in [0.3, 0.4) is 0 Å². The van der Waals surface area contributed by atoms with E-state index in [0.29, 0.717) is 5.69 Å². The van der Waals surface area contributed by atoms with E-state index in [2.05, 4.69) is 43.8 Å². The standard InChI is InChI=1S/C20H12N4/c1-2-8-19-17(7-1)18(11-9-15-5-3-13-21-15)20(24-23-19)12-10-16-6-4-14-22-16/h1-8,13-14,21-22H. The summed E-state index contributed by atoms with van der Waals surface area (Å²) in [4.78, 5) is 6.13. The molecule has 0 amide bonds. The molecule has 0 spiro atoms. The predicted octanol–water partition coefficient (Wildman–Crippen LogP) is 3.09. The lowest BCUT2D eigenvalue weighted by molar-refractivity contribution is 1.05. The molecule has 24 heavy (non-hydrogen) atoms. The number of benzene rings is 1. The SMILES string of the molecule is C(#Cc1nnc2ccccc2c1C#Cc1ccc[nH]1)c1ccc[nH]1. The van der Waals surface area contributed by atoms with Gasteiger partial charge in [0, 0.05) is 17.8 Å². The summed E-state index contributed by atoms with van der Waals surface area (Å²) in [5.74, 6) is 12.4. The monoisotopic (exact) mass is 308 g/mol. The smallest absolute Gasteiger partial charge is 0.152 e. The lowest BCUT2D eigenvalue weighted by Gasteiger charge is -2.01. The normalized spacial score (nSPS) is 9.83. The predicted molar refractivity (Wildman–Crippen MR) is 93.1 cm³/mol. The first-order chi connectivity index (χ1) is 11.9. The average Bonchev–Trinajstić information content (AvgIpc) is 3.32. The molecule has 4 rings (SSSR count). The van der Waals surface area contributed by atoms with Crippen LogP contribution in [0, 0.1) is 23.7 Å². The Kier molecular flexibility index (Phi) is 3.56. The fraction of sp³-hybridized carbons (Fsp3) is 0. The summed E-state index contributed by atoms with van der Waals surface area (Å²) >= 11 is 0. The van der Waals surface area contributed by atoms with Crippen LogP contribution in [0.4, 0.5) is 0 Å². The Bertz CT molecular complexity index is 1100. The molecular formula is C20H12N4. The highest BCUT2D eigenvalue weighted by molar-refractivity contribution is 5.86. The third-order valence-corrected chi connectivity index (χ3v) is 3.50. The Labute approximate surface area is 139 Å². The highest BCUT2D eigenvalue weighted by Gasteiger charge is 2.06. The van der Waals surface area contributed by atoms with Gasteiger partial charge in [0.25, 0.3) is 0 Å². The van der Waals surface area contributed by atoms with Crippen LogP contribution in [0.5, 0.6) is 0 Å². The molecule has 1 aromatic carbocycles. The lowest BCUT2D eigenvalue weighted by Crippen LogP contribution is -1.95. The maximum Gasteiger partial charge on any atom is 0.152 e. The molecule has 0 saturated heterocycles. The van der Waals surface area contributed by atoms with Gasteiger partial charge in [-0.25, -0.2) is 0 Å². The molecule has 0 bridgehead atoms. The van der Waals surface area contributed by atoms with Gasteiger partial charge in [0.2, 0.25) is 0 Å². The first-order valence-electron chi connectivity index (χ1n) is 7.46. The van der Waals surface area contributed by atoms with Crippen molar-refractivity contribution in [2.75, 3.05) is 0 Å². The molecule has 0 atom stereocenters. The zero-order valence-electron chi connectivity index (χ0n) is 12.7.